The number of aliphatic hydroxyl groups is 3. The Kier molecular flexibility index (Phi) is 11.6. The molecule has 0 amide bonds. The standard InChI is InChI=1S/C34H59NO11/c1-16-14-34(9)30(45-32-25(37)23(35(10)11)13-17(2)41-32)19(4)27(43-24-15-33(8,40-12)29(38)22(7)42-24)20(5)31(39)44-28(21(6)36)18(3)26(16)46-34/h17-25,27-30,32,36-38H,13-15H2,1-12H3/t17?,18-,19-,20+,21?,22?,23?,24-,25?,27-,28+,29-,30+,32-,33?,34+/m0/s1. The summed E-state index contributed by atoms with van der Waals surface area (Å²) < 4.78 is 44.4. The van der Waals surface area contributed by atoms with E-state index >= 15 is 0 Å². The molecule has 0 saturated carbocycles. The third kappa shape index (κ3) is 7.30. The maximum absolute atomic E-state index is 13.9. The summed E-state index contributed by atoms with van der Waals surface area (Å²) >= 11 is 0. The summed E-state index contributed by atoms with van der Waals surface area (Å²) in [5.74, 6) is -1.68. The Labute approximate surface area is 274 Å². The van der Waals surface area contributed by atoms with E-state index in [1.54, 1.807) is 27.7 Å². The number of ether oxygens (including phenoxy) is 7. The lowest BCUT2D eigenvalue weighted by Gasteiger charge is -2.48. The summed E-state index contributed by atoms with van der Waals surface area (Å²) in [4.78, 5) is 15.9. The number of nitrogens with zero attached hydrogens (tertiary/aromatic N) is 1. The minimum atomic E-state index is -0.970. The number of methoxy groups -OCH3 is 1. The van der Waals surface area contributed by atoms with Crippen molar-refractivity contribution in [1.29, 1.82) is 0 Å². The molecule has 12 nitrogen and oxygen atoms in total. The van der Waals surface area contributed by atoms with E-state index in [4.69, 9.17) is 33.2 Å². The smallest absolute Gasteiger partial charge is 0.311 e. The van der Waals surface area contributed by atoms with Crippen LogP contribution in [0.5, 0.6) is 0 Å². The van der Waals surface area contributed by atoms with Gasteiger partial charge in [0.15, 0.2) is 12.6 Å². The highest BCUT2D eigenvalue weighted by atomic mass is 16.7. The fraction of sp³-hybridized carbons (Fsp3) is 0.912. The molecule has 2 bridgehead atoms. The zero-order valence-electron chi connectivity index (χ0n) is 29.8. The molecule has 4 aliphatic heterocycles. The van der Waals surface area contributed by atoms with E-state index in [-0.39, 0.29) is 18.6 Å². The molecule has 6 unspecified atom stereocenters. The van der Waals surface area contributed by atoms with E-state index in [0.29, 0.717) is 18.6 Å². The van der Waals surface area contributed by atoms with Crippen molar-refractivity contribution in [3.63, 3.8) is 0 Å². The van der Waals surface area contributed by atoms with Crippen LogP contribution in [0.3, 0.4) is 0 Å². The van der Waals surface area contributed by atoms with Crippen LogP contribution in [-0.2, 0) is 38.0 Å². The van der Waals surface area contributed by atoms with Gasteiger partial charge in [-0.05, 0) is 74.6 Å². The molecule has 266 valence electrons. The van der Waals surface area contributed by atoms with Crippen LogP contribution in [-0.4, -0.2) is 126 Å². The van der Waals surface area contributed by atoms with Gasteiger partial charge in [-0.25, -0.2) is 0 Å². The first-order chi connectivity index (χ1) is 21.3. The van der Waals surface area contributed by atoms with E-state index in [1.807, 2.05) is 53.6 Å². The van der Waals surface area contributed by atoms with Gasteiger partial charge in [0.25, 0.3) is 0 Å². The molecule has 4 rings (SSSR count). The zero-order chi connectivity index (χ0) is 34.5. The van der Waals surface area contributed by atoms with Crippen LogP contribution in [0.2, 0.25) is 0 Å². The number of hydrogen-bond donors (Lipinski definition) is 3. The van der Waals surface area contributed by atoms with Crippen molar-refractivity contribution in [2.24, 2.45) is 17.8 Å². The normalized spacial score (nSPS) is 48.1. The van der Waals surface area contributed by atoms with Gasteiger partial charge in [0.05, 0.1) is 41.9 Å². The molecule has 3 fully saturated rings. The van der Waals surface area contributed by atoms with E-state index in [1.165, 1.54) is 7.11 Å². The summed E-state index contributed by atoms with van der Waals surface area (Å²) in [7, 11) is 5.39. The van der Waals surface area contributed by atoms with Crippen molar-refractivity contribution in [2.75, 3.05) is 21.2 Å². The van der Waals surface area contributed by atoms with Gasteiger partial charge >= 0.3 is 5.97 Å². The Morgan fingerprint density at radius 1 is 1.02 bits per heavy atom. The summed E-state index contributed by atoms with van der Waals surface area (Å²) in [6.07, 6.45) is -6.43. The lowest BCUT2D eigenvalue weighted by atomic mass is 9.79. The first kappa shape index (κ1) is 37.5. The number of rotatable bonds is 7. The van der Waals surface area contributed by atoms with E-state index in [2.05, 4.69) is 0 Å². The van der Waals surface area contributed by atoms with Crippen molar-refractivity contribution >= 4 is 5.97 Å². The molecule has 46 heavy (non-hydrogen) atoms. The van der Waals surface area contributed by atoms with Gasteiger partial charge in [-0.2, -0.15) is 0 Å². The van der Waals surface area contributed by atoms with Crippen LogP contribution in [0.1, 0.15) is 81.6 Å². The topological polar surface area (TPSA) is 146 Å². The van der Waals surface area contributed by atoms with Crippen LogP contribution in [0.25, 0.3) is 0 Å². The first-order valence-electron chi connectivity index (χ1n) is 16.8. The molecule has 3 saturated heterocycles. The van der Waals surface area contributed by atoms with Crippen LogP contribution in [0.15, 0.2) is 11.3 Å². The van der Waals surface area contributed by atoms with Gasteiger partial charge in [-0.1, -0.05) is 13.8 Å². The molecule has 0 aromatic rings. The fourth-order valence-electron chi connectivity index (χ4n) is 8.03. The second-order valence-corrected chi connectivity index (χ2v) is 15.0. The highest BCUT2D eigenvalue weighted by Gasteiger charge is 2.55. The van der Waals surface area contributed by atoms with Crippen molar-refractivity contribution in [1.82, 2.24) is 4.90 Å². The third-order valence-corrected chi connectivity index (χ3v) is 10.8. The summed E-state index contributed by atoms with van der Waals surface area (Å²) in [6, 6.07) is -0.192. The maximum Gasteiger partial charge on any atom is 0.311 e. The monoisotopic (exact) mass is 657 g/mol. The Hall–Kier alpha value is -1.35. The van der Waals surface area contributed by atoms with Gasteiger partial charge in [0, 0.05) is 31.9 Å². The number of likely N-dealkylation sites (N-methyl/N-ethyl adjacent to an activating group) is 1. The Bertz CT molecular complexity index is 1100. The number of hydrogen-bond acceptors (Lipinski definition) is 12. The van der Waals surface area contributed by atoms with Crippen molar-refractivity contribution in [3.8, 4) is 0 Å². The zero-order valence-corrected chi connectivity index (χ0v) is 29.8. The molecular weight excluding hydrogens is 598 g/mol. The molecule has 0 aromatic heterocycles. The number of carbonyl (C=O) groups is 1. The molecule has 12 heteroatoms. The van der Waals surface area contributed by atoms with Crippen LogP contribution < -0.4 is 0 Å². The third-order valence-electron chi connectivity index (χ3n) is 10.8. The molecular formula is C34H59NO11. The Balaban J connectivity index is 1.78. The van der Waals surface area contributed by atoms with E-state index in [9.17, 15) is 20.1 Å². The number of esters is 1. The van der Waals surface area contributed by atoms with Gasteiger partial charge in [0.2, 0.25) is 0 Å². The predicted molar refractivity (Wildman–Crippen MR) is 168 cm³/mol. The predicted octanol–water partition coefficient (Wildman–Crippen LogP) is 2.75. The minimum Gasteiger partial charge on any atom is -0.488 e. The summed E-state index contributed by atoms with van der Waals surface area (Å²) in [5, 5.41) is 33.1. The molecule has 0 aromatic carbocycles. The first-order valence-corrected chi connectivity index (χ1v) is 16.8. The lowest BCUT2D eigenvalue weighted by Crippen LogP contribution is -2.60. The van der Waals surface area contributed by atoms with Gasteiger partial charge < -0.3 is 53.4 Å². The maximum atomic E-state index is 13.9. The average molecular weight is 658 g/mol. The van der Waals surface area contributed by atoms with E-state index in [0.717, 1.165) is 5.57 Å². The van der Waals surface area contributed by atoms with Gasteiger partial charge in [-0.15, -0.1) is 0 Å². The fourth-order valence-corrected chi connectivity index (χ4v) is 8.03. The Morgan fingerprint density at radius 2 is 1.67 bits per heavy atom. The minimum absolute atomic E-state index is 0.172. The quantitative estimate of drug-likeness (QED) is 0.346. The largest absolute Gasteiger partial charge is 0.488 e. The molecule has 0 aliphatic carbocycles. The SMILES string of the molecule is COC1(C)C[C@H](O[C@H]2[C@H](C)[C@@H](O[C@@H]3OC(C)CC(N(C)C)C3O)[C@@]3(C)CC(C)=C(O3)[C@H](C)[C@H](C(C)O)OC(=O)[C@@H]2C)OC(C)[C@@H]1O. The number of aliphatic hydroxyl groups excluding tert-OH is 3. The average Bonchev–Trinajstić information content (AvgIpc) is 3.29. The number of carbonyl (C=O) groups excluding carboxylic acids is 1. The highest BCUT2D eigenvalue weighted by molar-refractivity contribution is 5.73. The van der Waals surface area contributed by atoms with Gasteiger partial charge in [-0.3, -0.25) is 4.79 Å². The molecule has 0 spiro atoms. The number of fused-ring (bicyclic) bond motifs is 2. The van der Waals surface area contributed by atoms with Crippen LogP contribution in [0.4, 0.5) is 0 Å². The Morgan fingerprint density at radius 3 is 2.26 bits per heavy atom. The van der Waals surface area contributed by atoms with Crippen molar-refractivity contribution in [3.05, 3.63) is 11.3 Å². The second kappa shape index (κ2) is 14.2. The second-order valence-electron chi connectivity index (χ2n) is 15.0. The van der Waals surface area contributed by atoms with Crippen molar-refractivity contribution < 1.29 is 53.3 Å². The number of cyclic esters (lactones) is 1. The molecule has 4 aliphatic rings. The molecule has 16 atom stereocenters. The lowest BCUT2D eigenvalue weighted by molar-refractivity contribution is -0.316. The summed E-state index contributed by atoms with van der Waals surface area (Å²) in [6.45, 7) is 16.6. The van der Waals surface area contributed by atoms with Crippen LogP contribution >= 0.6 is 0 Å². The highest BCUT2D eigenvalue weighted by Crippen LogP contribution is 2.47. The summed E-state index contributed by atoms with van der Waals surface area (Å²) in [5.41, 5.74) is -0.928. The molecule has 4 heterocycles. The molecule has 3 N–H and O–H groups in total. The van der Waals surface area contributed by atoms with Gasteiger partial charge in [0.1, 0.15) is 35.8 Å². The van der Waals surface area contributed by atoms with E-state index < -0.39 is 90.2 Å². The van der Waals surface area contributed by atoms with Crippen LogP contribution in [0, 0.1) is 17.8 Å². The van der Waals surface area contributed by atoms with Crippen molar-refractivity contribution in [2.45, 2.75) is 160 Å². The molecule has 0 radical (unpaired) electrons.